The van der Waals surface area contributed by atoms with E-state index in [2.05, 4.69) is 21.3 Å². The maximum Gasteiger partial charge on any atom is 0.407 e. The normalized spacial score (nSPS) is 22.0. The molecule has 8 N–H and O–H groups in total. The highest BCUT2D eigenvalue weighted by atomic mass is 31.2. The van der Waals surface area contributed by atoms with Gasteiger partial charge in [-0.25, -0.2) is 14.3 Å². The number of esters is 6. The molecule has 0 aromatic rings. The third-order valence-electron chi connectivity index (χ3n) is 12.3. The first-order chi connectivity index (χ1) is 42.0. The molecule has 34 nitrogen and oxygen atoms in total. The number of carbonyl (C=O) groups excluding carboxylic acids is 12. The molecular weight excluding hydrogens is 1210 g/mol. The van der Waals surface area contributed by atoms with E-state index in [9.17, 15) is 62.8 Å². The highest BCUT2D eigenvalue weighted by Gasteiger charge is 2.53. The van der Waals surface area contributed by atoms with Gasteiger partial charge < -0.3 is 98.6 Å². The number of carbonyl (C=O) groups is 12. The molecule has 1 unspecified atom stereocenters. The number of hydrogen-bond acceptors (Lipinski definition) is 28. The maximum absolute atomic E-state index is 12.9. The molecule has 2 rings (SSSR count). The zero-order chi connectivity index (χ0) is 66.8. The van der Waals surface area contributed by atoms with Crippen LogP contribution in [0.4, 0.5) is 9.59 Å². The molecule has 11 atom stereocenters. The summed E-state index contributed by atoms with van der Waals surface area (Å²) in [4.78, 5) is 147. The predicted molar refractivity (Wildman–Crippen MR) is 303 cm³/mol. The van der Waals surface area contributed by atoms with Crippen LogP contribution in [-0.2, 0) is 114 Å². The van der Waals surface area contributed by atoms with Crippen LogP contribution >= 0.6 is 8.53 Å². The van der Waals surface area contributed by atoms with Gasteiger partial charge in [0.15, 0.2) is 24.8 Å². The summed E-state index contributed by atoms with van der Waals surface area (Å²) in [7, 11) is -1.94. The van der Waals surface area contributed by atoms with Crippen molar-refractivity contribution in [3.63, 3.8) is 0 Å². The molecule has 2 heterocycles. The van der Waals surface area contributed by atoms with Crippen molar-refractivity contribution in [1.82, 2.24) is 25.9 Å². The number of rotatable bonds is 40. The minimum Gasteiger partial charge on any atom is -0.463 e. The number of nitrogens with one attached hydrogen (secondary N) is 4. The van der Waals surface area contributed by atoms with E-state index in [-0.39, 0.29) is 90.2 Å². The lowest BCUT2D eigenvalue weighted by molar-refractivity contribution is -0.291. The monoisotopic (exact) mass is 1290 g/mol. The van der Waals surface area contributed by atoms with Crippen molar-refractivity contribution in [2.24, 2.45) is 23.3 Å². The van der Waals surface area contributed by atoms with E-state index < -0.39 is 187 Å². The number of nitrogens with zero attached hydrogens (tertiary/aromatic N) is 2. The van der Waals surface area contributed by atoms with Crippen molar-refractivity contribution >= 4 is 80.2 Å². The SMILES string of the molecule is CC(=O)OC[C@H]1O[C@@H](OCCCNC(=O)CCNC(=O)OCC(COC(=O)NCCC(=O)NCCCO[C@@H]2O[C@H](COC(C)=O)[C@H](OC(C)=O)[C@H](OC(C)=O)[C@H]2CC(N)=O)OP(OCCC#N)N(C(C)C)C(C)C)[C@H](CC(N)=O)[C@@H](OC(C)=O)[C@H]1OC(C)=O. The molecule has 0 radical (unpaired) electrons. The fraction of sp³-hybridized carbons (Fsp3) is 0.759. The maximum atomic E-state index is 12.9. The van der Waals surface area contributed by atoms with Crippen molar-refractivity contribution in [1.29, 1.82) is 5.26 Å². The highest BCUT2D eigenvalue weighted by molar-refractivity contribution is 7.44. The molecule has 0 aromatic heterocycles. The number of ether oxygens (including phenoxy) is 12. The number of nitrogens with two attached hydrogens (primary N) is 2. The Kier molecular flexibility index (Phi) is 36.8. The zero-order valence-corrected chi connectivity index (χ0v) is 52.7. The summed E-state index contributed by atoms with van der Waals surface area (Å²) < 4.78 is 80.6. The third-order valence-corrected chi connectivity index (χ3v) is 14.5. The molecule has 0 spiro atoms. The Hall–Kier alpha value is -7.12. The lowest BCUT2D eigenvalue weighted by atomic mass is 9.87. The minimum absolute atomic E-state index is 0.00967. The fourth-order valence-electron chi connectivity index (χ4n) is 8.87. The molecule has 2 aliphatic heterocycles. The van der Waals surface area contributed by atoms with Crippen LogP contribution in [-0.4, -0.2) is 216 Å². The summed E-state index contributed by atoms with van der Waals surface area (Å²) in [5.74, 6) is -9.18. The molecule has 0 saturated carbocycles. The largest absolute Gasteiger partial charge is 0.463 e. The summed E-state index contributed by atoms with van der Waals surface area (Å²) in [5, 5.41) is 19.4. The minimum atomic E-state index is -1.94. The summed E-state index contributed by atoms with van der Waals surface area (Å²) in [5.41, 5.74) is 11.0. The quantitative estimate of drug-likeness (QED) is 0.0207. The fourth-order valence-corrected chi connectivity index (χ4v) is 10.5. The van der Waals surface area contributed by atoms with Gasteiger partial charge >= 0.3 is 48.0 Å². The Morgan fingerprint density at radius 3 is 1.25 bits per heavy atom. The van der Waals surface area contributed by atoms with E-state index in [1.54, 1.807) is 0 Å². The Labute approximate surface area is 516 Å². The van der Waals surface area contributed by atoms with Gasteiger partial charge in [0.2, 0.25) is 23.6 Å². The smallest absolute Gasteiger partial charge is 0.407 e. The van der Waals surface area contributed by atoms with Crippen LogP contribution in [0.1, 0.15) is 114 Å². The van der Waals surface area contributed by atoms with E-state index >= 15 is 0 Å². The molecule has 0 aliphatic carbocycles. The molecule has 504 valence electrons. The number of hydrogen-bond donors (Lipinski definition) is 6. The van der Waals surface area contributed by atoms with Crippen LogP contribution in [0.5, 0.6) is 0 Å². The van der Waals surface area contributed by atoms with Gasteiger partial charge in [0.25, 0.3) is 8.53 Å². The van der Waals surface area contributed by atoms with Gasteiger partial charge in [-0.2, -0.15) is 5.26 Å². The van der Waals surface area contributed by atoms with Crippen LogP contribution in [0.2, 0.25) is 0 Å². The Bertz CT molecular complexity index is 2240. The molecule has 0 bridgehead atoms. The molecule has 89 heavy (non-hydrogen) atoms. The Balaban J connectivity index is 1.99. The summed E-state index contributed by atoms with van der Waals surface area (Å²) in [6.45, 7) is 12.0. The topological polar surface area (TPSA) is 461 Å². The van der Waals surface area contributed by atoms with Crippen LogP contribution in [0.3, 0.4) is 0 Å². The van der Waals surface area contributed by atoms with E-state index in [1.807, 2.05) is 38.4 Å². The van der Waals surface area contributed by atoms with Gasteiger partial charge in [-0.05, 0) is 40.5 Å². The van der Waals surface area contributed by atoms with E-state index in [1.165, 1.54) is 0 Å². The molecule has 0 aromatic carbocycles. The van der Waals surface area contributed by atoms with Crippen molar-refractivity contribution in [3.05, 3.63) is 0 Å². The number of primary amides is 2. The second-order valence-electron chi connectivity index (χ2n) is 20.6. The van der Waals surface area contributed by atoms with E-state index in [0.29, 0.717) is 0 Å². The van der Waals surface area contributed by atoms with Crippen molar-refractivity contribution in [2.75, 3.05) is 72.4 Å². The van der Waals surface area contributed by atoms with Gasteiger partial charge in [0.05, 0.1) is 44.1 Å². The lowest BCUT2D eigenvalue weighted by Crippen LogP contribution is -2.59. The van der Waals surface area contributed by atoms with E-state index in [0.717, 1.165) is 41.5 Å². The summed E-state index contributed by atoms with van der Waals surface area (Å²) >= 11 is 0. The van der Waals surface area contributed by atoms with Gasteiger partial charge in [-0.3, -0.25) is 47.9 Å². The molecule has 2 saturated heterocycles. The van der Waals surface area contributed by atoms with Gasteiger partial charge in [-0.15, -0.1) is 0 Å². The summed E-state index contributed by atoms with van der Waals surface area (Å²) in [6.07, 6.45) is -14.0. The lowest BCUT2D eigenvalue weighted by Gasteiger charge is -2.44. The molecule has 2 fully saturated rings. The predicted octanol–water partition coefficient (Wildman–Crippen LogP) is 0.212. The third kappa shape index (κ3) is 31.8. The van der Waals surface area contributed by atoms with Crippen molar-refractivity contribution < 1.29 is 123 Å². The van der Waals surface area contributed by atoms with Gasteiger partial charge in [0.1, 0.15) is 56.9 Å². The number of amides is 6. The average molecular weight is 1300 g/mol. The standard InChI is InChI=1S/C54H87N8O26P/c1-30(2)62(31(3)4)89(81-23-11-16-55)88-38(26-79-53(73)60-19-14-45(71)58-17-12-21-75-51-39(24-43(56)69)47(82-34(7)65)49(84-36(9)67)41(86-51)28-77-32(5)63)27-80-54(74)61-20-15-46(72)59-18-13-22-76-52-40(25-44(57)70)48(83-35(8)66)50(85-37(10)68)42(87-52)29-78-33(6)64/h30-31,38-42,47-52H,11-15,17-29H2,1-10H3,(H2,56,69)(H2,57,70)(H,58,71)(H,59,72)(H,60,73)(H,61,74)/t39-,40-,41-,42-,47-,48-,49+,50+,51-,52-,89?/m1/s1. The van der Waals surface area contributed by atoms with Crippen LogP contribution < -0.4 is 32.7 Å². The van der Waals surface area contributed by atoms with Crippen LogP contribution in [0.25, 0.3) is 0 Å². The van der Waals surface area contributed by atoms with Crippen molar-refractivity contribution in [3.8, 4) is 6.07 Å². The molecule has 35 heteroatoms. The molecular formula is C54H87N8O26P. The van der Waals surface area contributed by atoms with Gasteiger partial charge in [-0.1, -0.05) is 0 Å². The zero-order valence-electron chi connectivity index (χ0n) is 51.8. The number of nitriles is 1. The molecule has 2 aliphatic rings. The first-order valence-electron chi connectivity index (χ1n) is 28.7. The molecule has 6 amide bonds. The van der Waals surface area contributed by atoms with Crippen molar-refractivity contribution in [2.45, 2.75) is 182 Å². The Morgan fingerprint density at radius 2 is 0.910 bits per heavy atom. The highest BCUT2D eigenvalue weighted by Crippen LogP contribution is 2.47. The summed E-state index contributed by atoms with van der Waals surface area (Å²) in [6, 6.07) is 1.73. The Morgan fingerprint density at radius 1 is 0.528 bits per heavy atom. The number of alkyl carbamates (subject to hydrolysis) is 2. The van der Waals surface area contributed by atoms with Gasteiger partial charge in [0, 0.05) is 105 Å². The first-order valence-corrected chi connectivity index (χ1v) is 29.8. The average Bonchev–Trinajstić information content (AvgIpc) is 0.910. The second kappa shape index (κ2) is 42.0. The van der Waals surface area contributed by atoms with E-state index in [4.69, 9.17) is 77.4 Å². The van der Waals surface area contributed by atoms with Crippen LogP contribution in [0, 0.1) is 23.2 Å². The first kappa shape index (κ1) is 78.0. The van der Waals surface area contributed by atoms with Crippen LogP contribution in [0.15, 0.2) is 0 Å². The second-order valence-corrected chi connectivity index (χ2v) is 22.0.